The number of hydrogen-bond donors (Lipinski definition) is 0. The number of morpholine rings is 1. The smallest absolute Gasteiger partial charge is 0.254 e. The molecule has 0 N–H and O–H groups in total. The second kappa shape index (κ2) is 11.9. The summed E-state index contributed by atoms with van der Waals surface area (Å²) in [5.74, 6) is -1.89. The van der Waals surface area contributed by atoms with Gasteiger partial charge in [0.2, 0.25) is 5.91 Å². The van der Waals surface area contributed by atoms with Crippen LogP contribution in [-0.4, -0.2) is 60.6 Å². The fraction of sp³-hybridized carbons (Fsp3) is 0.310. The van der Waals surface area contributed by atoms with Crippen LogP contribution in [0.25, 0.3) is 0 Å². The Morgan fingerprint density at radius 1 is 1.08 bits per heavy atom. The van der Waals surface area contributed by atoms with Gasteiger partial charge in [0.15, 0.2) is 0 Å². The van der Waals surface area contributed by atoms with Crippen LogP contribution < -0.4 is 4.74 Å². The van der Waals surface area contributed by atoms with Crippen LogP contribution in [0.5, 0.6) is 5.75 Å². The monoisotopic (exact) mass is 542 g/mol. The summed E-state index contributed by atoms with van der Waals surface area (Å²) < 4.78 is 39.8. The van der Waals surface area contributed by atoms with Crippen molar-refractivity contribution in [2.24, 2.45) is 0 Å². The maximum Gasteiger partial charge on any atom is 0.254 e. The fourth-order valence-corrected chi connectivity index (χ4v) is 4.52. The molecule has 9 heteroatoms. The average molecular weight is 543 g/mol. The zero-order valence-electron chi connectivity index (χ0n) is 21.3. The van der Waals surface area contributed by atoms with E-state index in [1.165, 1.54) is 4.90 Å². The number of aryl methyl sites for hydroxylation is 1. The number of halogens is 3. The molecule has 0 radical (unpaired) electrons. The van der Waals surface area contributed by atoms with E-state index in [2.05, 4.69) is 0 Å². The summed E-state index contributed by atoms with van der Waals surface area (Å²) in [6, 6.07) is 17.5. The van der Waals surface area contributed by atoms with Crippen LogP contribution in [-0.2, 0) is 16.1 Å². The number of rotatable bonds is 8. The van der Waals surface area contributed by atoms with Gasteiger partial charge in [-0.05, 0) is 48.4 Å². The third kappa shape index (κ3) is 6.88. The van der Waals surface area contributed by atoms with Crippen molar-refractivity contribution in [1.29, 1.82) is 0 Å². The summed E-state index contributed by atoms with van der Waals surface area (Å²) in [6.45, 7) is 2.55. The highest BCUT2D eigenvalue weighted by molar-refractivity contribution is 6.31. The van der Waals surface area contributed by atoms with E-state index in [9.17, 15) is 18.4 Å². The van der Waals surface area contributed by atoms with Gasteiger partial charge >= 0.3 is 0 Å². The van der Waals surface area contributed by atoms with Crippen molar-refractivity contribution in [2.45, 2.75) is 25.5 Å². The highest BCUT2D eigenvalue weighted by atomic mass is 35.5. The molecular formula is C29H29ClF2N2O4. The number of carbonyl (C=O) groups is 2. The lowest BCUT2D eigenvalue weighted by molar-refractivity contribution is -0.152. The van der Waals surface area contributed by atoms with Gasteiger partial charge in [-0.3, -0.25) is 9.59 Å². The van der Waals surface area contributed by atoms with Crippen molar-refractivity contribution in [3.05, 3.63) is 100 Å². The Morgan fingerprint density at radius 3 is 2.47 bits per heavy atom. The Labute approximate surface area is 225 Å². The number of nitrogens with zero attached hydrogens (tertiary/aromatic N) is 2. The van der Waals surface area contributed by atoms with E-state index >= 15 is 0 Å². The minimum atomic E-state index is -1.19. The molecule has 1 aliphatic rings. The molecule has 0 unspecified atom stereocenters. The van der Waals surface area contributed by atoms with E-state index in [1.54, 1.807) is 30.1 Å². The molecule has 1 fully saturated rings. The molecule has 0 aromatic heterocycles. The summed E-state index contributed by atoms with van der Waals surface area (Å²) in [7, 11) is 1.70. The quantitative estimate of drug-likeness (QED) is 0.389. The van der Waals surface area contributed by atoms with Gasteiger partial charge in [-0.25, -0.2) is 8.78 Å². The first kappa shape index (κ1) is 27.5. The normalized spacial score (nSPS) is 17.2. The number of carbonyl (C=O) groups excluding carboxylic acids is 2. The molecule has 2 amide bonds. The van der Waals surface area contributed by atoms with E-state index in [0.717, 1.165) is 23.3 Å². The van der Waals surface area contributed by atoms with Crippen molar-refractivity contribution in [3.63, 3.8) is 0 Å². The predicted octanol–water partition coefficient (Wildman–Crippen LogP) is 5.27. The van der Waals surface area contributed by atoms with Gasteiger partial charge in [0.05, 0.1) is 19.6 Å². The maximum atomic E-state index is 13.8. The molecule has 3 aromatic carbocycles. The van der Waals surface area contributed by atoms with Crippen LogP contribution in [0.3, 0.4) is 0 Å². The van der Waals surface area contributed by atoms with E-state index < -0.39 is 23.1 Å². The lowest BCUT2D eigenvalue weighted by Crippen LogP contribution is -2.58. The van der Waals surface area contributed by atoms with E-state index in [1.807, 2.05) is 37.3 Å². The minimum absolute atomic E-state index is 0.00144. The van der Waals surface area contributed by atoms with Crippen molar-refractivity contribution < 1.29 is 27.8 Å². The molecule has 0 saturated carbocycles. The van der Waals surface area contributed by atoms with Gasteiger partial charge in [-0.1, -0.05) is 41.9 Å². The van der Waals surface area contributed by atoms with Gasteiger partial charge in [0, 0.05) is 36.8 Å². The SMILES string of the molecule is Cc1cc(OC[C@]2(CC(=O)N(C)Cc3ccccc3)CN(C(=O)c3cc(F)cc(F)c3)CCO2)ccc1Cl. The van der Waals surface area contributed by atoms with Crippen LogP contribution in [0.2, 0.25) is 5.02 Å². The number of hydrogen-bond acceptors (Lipinski definition) is 4. The summed E-state index contributed by atoms with van der Waals surface area (Å²) in [4.78, 5) is 29.6. The van der Waals surface area contributed by atoms with Crippen LogP contribution in [0.1, 0.15) is 27.9 Å². The van der Waals surface area contributed by atoms with Crippen LogP contribution in [0.15, 0.2) is 66.7 Å². The molecule has 200 valence electrons. The summed E-state index contributed by atoms with van der Waals surface area (Å²) in [5, 5.41) is 0.595. The highest BCUT2D eigenvalue weighted by Crippen LogP contribution is 2.28. The maximum absolute atomic E-state index is 13.8. The van der Waals surface area contributed by atoms with Gasteiger partial charge < -0.3 is 19.3 Å². The largest absolute Gasteiger partial charge is 0.490 e. The van der Waals surface area contributed by atoms with Crippen molar-refractivity contribution in [3.8, 4) is 5.75 Å². The van der Waals surface area contributed by atoms with Crippen molar-refractivity contribution in [1.82, 2.24) is 9.80 Å². The van der Waals surface area contributed by atoms with Gasteiger partial charge in [0.25, 0.3) is 5.91 Å². The molecule has 38 heavy (non-hydrogen) atoms. The Morgan fingerprint density at radius 2 is 1.79 bits per heavy atom. The molecule has 1 atom stereocenters. The van der Waals surface area contributed by atoms with Gasteiger partial charge in [-0.2, -0.15) is 0 Å². The summed E-state index contributed by atoms with van der Waals surface area (Å²) in [6.07, 6.45) is -0.0653. The molecule has 0 bridgehead atoms. The first-order chi connectivity index (χ1) is 18.1. The molecule has 3 aromatic rings. The Hall–Kier alpha value is -3.49. The molecule has 6 nitrogen and oxygen atoms in total. The third-order valence-electron chi connectivity index (χ3n) is 6.44. The molecule has 0 aliphatic carbocycles. The van der Waals surface area contributed by atoms with Crippen LogP contribution >= 0.6 is 11.6 Å². The molecular weight excluding hydrogens is 514 g/mol. The first-order valence-electron chi connectivity index (χ1n) is 12.2. The van der Waals surface area contributed by atoms with Crippen molar-refractivity contribution in [2.75, 3.05) is 33.4 Å². The van der Waals surface area contributed by atoms with Crippen molar-refractivity contribution >= 4 is 23.4 Å². The number of amides is 2. The minimum Gasteiger partial charge on any atom is -0.490 e. The summed E-state index contributed by atoms with van der Waals surface area (Å²) >= 11 is 6.13. The topological polar surface area (TPSA) is 59.1 Å². The van der Waals surface area contributed by atoms with E-state index in [4.69, 9.17) is 21.1 Å². The molecule has 1 aliphatic heterocycles. The zero-order chi connectivity index (χ0) is 27.3. The molecule has 0 spiro atoms. The van der Waals surface area contributed by atoms with E-state index in [-0.39, 0.29) is 44.2 Å². The predicted molar refractivity (Wildman–Crippen MR) is 140 cm³/mol. The Bertz CT molecular complexity index is 1290. The van der Waals surface area contributed by atoms with Crippen LogP contribution in [0, 0.1) is 18.6 Å². The lowest BCUT2D eigenvalue weighted by atomic mass is 9.96. The second-order valence-corrected chi connectivity index (χ2v) is 9.94. The van der Waals surface area contributed by atoms with Gasteiger partial charge in [0.1, 0.15) is 29.6 Å². The Kier molecular flexibility index (Phi) is 8.64. The molecule has 4 rings (SSSR count). The summed E-state index contributed by atoms with van der Waals surface area (Å²) in [5.41, 5.74) is 0.501. The lowest BCUT2D eigenvalue weighted by Gasteiger charge is -2.42. The molecule has 1 saturated heterocycles. The average Bonchev–Trinajstić information content (AvgIpc) is 2.89. The standard InChI is InChI=1S/C29H29ClF2N2O4/c1-20-12-25(8-9-26(20)30)37-19-29(16-27(35)33(2)17-21-6-4-3-5-7-21)18-34(10-11-38-29)28(36)22-13-23(31)15-24(32)14-22/h3-9,12-15H,10-11,16-19H2,1-2H3/t29-/m0/s1. The van der Waals surface area contributed by atoms with E-state index in [0.29, 0.717) is 23.4 Å². The first-order valence-corrected chi connectivity index (χ1v) is 12.6. The second-order valence-electron chi connectivity index (χ2n) is 9.53. The fourth-order valence-electron chi connectivity index (χ4n) is 4.40. The molecule has 1 heterocycles. The number of ether oxygens (including phenoxy) is 2. The number of benzene rings is 3. The zero-order valence-corrected chi connectivity index (χ0v) is 22.0. The highest BCUT2D eigenvalue weighted by Gasteiger charge is 2.42. The Balaban J connectivity index is 1.56. The third-order valence-corrected chi connectivity index (χ3v) is 6.86. The van der Waals surface area contributed by atoms with Crippen LogP contribution in [0.4, 0.5) is 8.78 Å². The van der Waals surface area contributed by atoms with Gasteiger partial charge in [-0.15, -0.1) is 0 Å².